The number of carbonyl (C=O) groups is 4. The standard InChI is InChI=1S/C23H30N6O.3C21H26N6O/c1-16-14-29(19-5-4-17(13-24)21-22(19)26-9-8-25-21)15-18(16)27-20(30)12-23(2)6-10-28(3)11-7-23;2*1-14-11-27(13-17(14)25-19(28)9-15-5-8-26(2)12-15)18-4-3-16(10-22)20-21(18)24-7-6-23-20;1-15-12-27(13-17(15)25-19(28)14-26-9-3-2-4-10-26)18-6-5-16(11-22)20-21(18)24-8-7-23-20/h4-5,8-9,16,18H,6-7,10-12,14-15H2,1-3H3,(H,27,30);2*3-4,6-7,14-15,17H,5,8-9,11-13H2,1-2H3,(H,25,28);5-8,15,17H,2-4,9-10,12-14H2,1H3,(H,25,28)/t16-,18+;2*14-,15?,17+;15-,17+/m1111/s1. The van der Waals surface area contributed by atoms with Gasteiger partial charge in [0.1, 0.15) is 68.4 Å². The predicted molar refractivity (Wildman–Crippen MR) is 440 cm³/mol. The first-order valence-corrected chi connectivity index (χ1v) is 40.6. The molecule has 2 unspecified atom stereocenters. The highest BCUT2D eigenvalue weighted by atomic mass is 16.2. The molecule has 28 heteroatoms. The topological polar surface area (TPSA) is 341 Å². The molecule has 16 rings (SSSR count). The van der Waals surface area contributed by atoms with E-state index in [1.807, 2.05) is 30.3 Å². The lowest BCUT2D eigenvalue weighted by Crippen LogP contribution is -2.46. The third-order valence-corrected chi connectivity index (χ3v) is 24.6. The summed E-state index contributed by atoms with van der Waals surface area (Å²) in [6, 6.07) is 24.2. The largest absolute Gasteiger partial charge is 0.367 e. The quantitative estimate of drug-likeness (QED) is 0.0710. The number of benzene rings is 4. The van der Waals surface area contributed by atoms with E-state index < -0.39 is 0 Å². The lowest BCUT2D eigenvalue weighted by molar-refractivity contribution is -0.125. The first kappa shape index (κ1) is 81.1. The molecule has 114 heavy (non-hydrogen) atoms. The van der Waals surface area contributed by atoms with Crippen LogP contribution in [0.2, 0.25) is 0 Å². The molecule has 10 atom stereocenters. The van der Waals surface area contributed by atoms with Gasteiger partial charge in [-0.3, -0.25) is 63.9 Å². The van der Waals surface area contributed by atoms with E-state index >= 15 is 0 Å². The second kappa shape index (κ2) is 36.9. The van der Waals surface area contributed by atoms with Gasteiger partial charge < -0.3 is 55.6 Å². The number of hydrogen-bond donors (Lipinski definition) is 4. The summed E-state index contributed by atoms with van der Waals surface area (Å²) < 4.78 is 0. The number of nitrogens with one attached hydrogen (secondary N) is 4. The summed E-state index contributed by atoms with van der Waals surface area (Å²) in [7, 11) is 6.37. The van der Waals surface area contributed by atoms with Crippen molar-refractivity contribution >= 4 is 90.5 Å². The van der Waals surface area contributed by atoms with Gasteiger partial charge in [0.15, 0.2) is 0 Å². The third kappa shape index (κ3) is 19.5. The molecule has 0 saturated carbocycles. The fourth-order valence-electron chi connectivity index (χ4n) is 18.0. The summed E-state index contributed by atoms with van der Waals surface area (Å²) in [5, 5.41) is 50.4. The Hall–Kier alpha value is -10.9. The van der Waals surface area contributed by atoms with E-state index in [9.17, 15) is 40.2 Å². The van der Waals surface area contributed by atoms with Gasteiger partial charge in [0.2, 0.25) is 23.6 Å². The van der Waals surface area contributed by atoms with Crippen molar-refractivity contribution in [2.45, 2.75) is 123 Å². The van der Waals surface area contributed by atoms with E-state index in [-0.39, 0.29) is 53.2 Å². The van der Waals surface area contributed by atoms with Crippen molar-refractivity contribution in [1.29, 1.82) is 21.0 Å². The van der Waals surface area contributed by atoms with Gasteiger partial charge in [0.25, 0.3) is 0 Å². The molecule has 8 aliphatic rings. The number of anilines is 4. The van der Waals surface area contributed by atoms with E-state index in [1.165, 1.54) is 19.3 Å². The number of carbonyl (C=O) groups excluding carboxylic acids is 4. The Bertz CT molecular complexity index is 4610. The number of hydrogen-bond acceptors (Lipinski definition) is 24. The van der Waals surface area contributed by atoms with Crippen LogP contribution >= 0.6 is 0 Å². The Morgan fingerprint density at radius 3 is 0.974 bits per heavy atom. The van der Waals surface area contributed by atoms with Crippen LogP contribution in [0.15, 0.2) is 98.1 Å². The number of rotatable bonds is 16. The summed E-state index contributed by atoms with van der Waals surface area (Å²) in [6.45, 7) is 26.1. The molecule has 596 valence electrons. The number of nitrogens with zero attached hydrogens (tertiary/aromatic N) is 20. The first-order valence-electron chi connectivity index (χ1n) is 40.6. The number of aromatic nitrogens is 8. The average Bonchev–Trinajstić information content (AvgIpc) is 1.49. The molecular weight excluding hydrogens is 1430 g/mol. The molecular formula is C86H108N24O4. The Morgan fingerprint density at radius 2 is 0.675 bits per heavy atom. The molecule has 8 fully saturated rings. The van der Waals surface area contributed by atoms with Gasteiger partial charge in [0, 0.05) is 134 Å². The summed E-state index contributed by atoms with van der Waals surface area (Å²) in [5.74, 6) is 2.89. The second-order valence-corrected chi connectivity index (χ2v) is 33.6. The lowest BCUT2D eigenvalue weighted by atomic mass is 9.77. The van der Waals surface area contributed by atoms with Crippen LogP contribution in [0, 0.1) is 86.2 Å². The summed E-state index contributed by atoms with van der Waals surface area (Å²) in [5.41, 5.74) is 11.6. The monoisotopic (exact) mass is 1540 g/mol. The van der Waals surface area contributed by atoms with Crippen LogP contribution in [0.5, 0.6) is 0 Å². The van der Waals surface area contributed by atoms with E-state index in [2.05, 4.69) is 180 Å². The minimum Gasteiger partial charge on any atom is -0.367 e. The molecule has 8 saturated heterocycles. The van der Waals surface area contributed by atoms with Crippen LogP contribution in [-0.2, 0) is 19.2 Å². The van der Waals surface area contributed by atoms with Gasteiger partial charge in [-0.05, 0) is 188 Å². The lowest BCUT2D eigenvalue weighted by Gasteiger charge is -2.37. The van der Waals surface area contributed by atoms with E-state index in [4.69, 9.17) is 0 Å². The Balaban J connectivity index is 0.000000133. The van der Waals surface area contributed by atoms with E-state index in [0.29, 0.717) is 106 Å². The summed E-state index contributed by atoms with van der Waals surface area (Å²) >= 11 is 0. The summed E-state index contributed by atoms with van der Waals surface area (Å²) in [4.78, 5) is 104. The van der Waals surface area contributed by atoms with Crippen LogP contribution in [0.4, 0.5) is 22.7 Å². The SMILES string of the molecule is C[C@@H]1CN(c2ccc(C#N)c3nccnc23)C[C@@H]1NC(=O)CC1(C)CCN(C)CC1.C[C@@H]1CN(c2ccc(C#N)c3nccnc23)C[C@@H]1NC(=O)CC1CCN(C)C1.C[C@@H]1CN(c2ccc(C#N)c3nccnc23)C[C@@H]1NC(=O)CC1CCN(C)C1.C[C@@H]1CN(c2ccc(C#N)c3nccnc23)C[C@@H]1NC(=O)CN1CCCCC1. The van der Waals surface area contributed by atoms with Crippen molar-refractivity contribution < 1.29 is 19.2 Å². The molecule has 8 aromatic rings. The van der Waals surface area contributed by atoms with Crippen molar-refractivity contribution in [1.82, 2.24) is 80.7 Å². The van der Waals surface area contributed by atoms with Crippen molar-refractivity contribution in [2.75, 3.05) is 152 Å². The maximum absolute atomic E-state index is 12.8. The molecule has 28 nitrogen and oxygen atoms in total. The number of nitriles is 4. The Kier molecular flexibility index (Phi) is 26.3. The highest BCUT2D eigenvalue weighted by Crippen LogP contribution is 2.38. The summed E-state index contributed by atoms with van der Waals surface area (Å²) in [6.07, 6.45) is 22.9. The van der Waals surface area contributed by atoms with Crippen LogP contribution in [0.1, 0.15) is 121 Å². The van der Waals surface area contributed by atoms with Crippen LogP contribution in [0.25, 0.3) is 44.1 Å². The highest BCUT2D eigenvalue weighted by Gasteiger charge is 2.39. The van der Waals surface area contributed by atoms with Crippen molar-refractivity contribution in [2.24, 2.45) is 40.9 Å². The van der Waals surface area contributed by atoms with Crippen molar-refractivity contribution in [3.8, 4) is 24.3 Å². The number of likely N-dealkylation sites (tertiary alicyclic amines) is 4. The molecule has 0 bridgehead atoms. The first-order chi connectivity index (χ1) is 55.1. The Morgan fingerprint density at radius 1 is 0.377 bits per heavy atom. The molecule has 4 N–H and O–H groups in total. The van der Waals surface area contributed by atoms with Crippen LogP contribution < -0.4 is 40.9 Å². The van der Waals surface area contributed by atoms with E-state index in [1.54, 1.807) is 67.8 Å². The van der Waals surface area contributed by atoms with Crippen LogP contribution in [-0.4, -0.2) is 240 Å². The zero-order valence-corrected chi connectivity index (χ0v) is 67.2. The third-order valence-electron chi connectivity index (χ3n) is 24.6. The minimum atomic E-state index is 0.0943. The van der Waals surface area contributed by atoms with Gasteiger partial charge >= 0.3 is 0 Å². The normalized spacial score (nSPS) is 24.3. The predicted octanol–water partition coefficient (Wildman–Crippen LogP) is 8.06. The fourth-order valence-corrected chi connectivity index (χ4v) is 18.0. The molecule has 4 amide bonds. The maximum Gasteiger partial charge on any atom is 0.234 e. The molecule has 4 aromatic carbocycles. The van der Waals surface area contributed by atoms with Crippen LogP contribution in [0.3, 0.4) is 0 Å². The molecule has 0 spiro atoms. The number of amides is 4. The molecule has 0 radical (unpaired) electrons. The second-order valence-electron chi connectivity index (χ2n) is 33.6. The zero-order valence-electron chi connectivity index (χ0n) is 67.2. The average molecular weight is 1540 g/mol. The van der Waals surface area contributed by atoms with E-state index in [0.717, 1.165) is 175 Å². The highest BCUT2D eigenvalue weighted by molar-refractivity contribution is 5.95. The van der Waals surface area contributed by atoms with Gasteiger partial charge in [-0.25, -0.2) is 0 Å². The molecule has 8 aliphatic heterocycles. The number of fused-ring (bicyclic) bond motifs is 4. The molecule has 4 aromatic heterocycles. The molecule has 0 aliphatic carbocycles. The Labute approximate surface area is 668 Å². The van der Waals surface area contributed by atoms with Crippen molar-refractivity contribution in [3.05, 3.63) is 120 Å². The van der Waals surface area contributed by atoms with Crippen molar-refractivity contribution in [3.63, 3.8) is 0 Å². The van der Waals surface area contributed by atoms with Gasteiger partial charge in [0.05, 0.1) is 75.7 Å². The smallest absolute Gasteiger partial charge is 0.234 e. The van der Waals surface area contributed by atoms with Gasteiger partial charge in [-0.1, -0.05) is 41.0 Å². The zero-order chi connectivity index (χ0) is 80.2. The van der Waals surface area contributed by atoms with Gasteiger partial charge in [-0.15, -0.1) is 0 Å². The maximum atomic E-state index is 12.8. The van der Waals surface area contributed by atoms with Gasteiger partial charge in [-0.2, -0.15) is 21.0 Å². The molecule has 12 heterocycles. The minimum absolute atomic E-state index is 0.0943. The number of piperidine rings is 2. The fraction of sp³-hybridized carbons (Fsp3) is 0.535.